The molecule has 0 spiro atoms. The van der Waals surface area contributed by atoms with Crippen LogP contribution < -0.4 is 5.32 Å². The molecule has 2 fully saturated rings. The number of piperidine rings is 1. The average Bonchev–Trinajstić information content (AvgIpc) is 3.28. The summed E-state index contributed by atoms with van der Waals surface area (Å²) in [7, 11) is 0. The Morgan fingerprint density at radius 2 is 1.81 bits per heavy atom. The van der Waals surface area contributed by atoms with E-state index in [9.17, 15) is 5.11 Å². The van der Waals surface area contributed by atoms with Crippen LogP contribution in [0.25, 0.3) is 0 Å². The zero-order valence-electron chi connectivity index (χ0n) is 17.8. The van der Waals surface area contributed by atoms with Gasteiger partial charge in [-0.2, -0.15) is 0 Å². The lowest BCUT2D eigenvalue weighted by Crippen LogP contribution is -2.45. The fourth-order valence-corrected chi connectivity index (χ4v) is 3.61. The zero-order chi connectivity index (χ0) is 22.5. The minimum Gasteiger partial charge on any atom is -0.473 e. The second kappa shape index (κ2) is 14.1. The number of carboxylic acids is 2. The van der Waals surface area contributed by atoms with Gasteiger partial charge < -0.3 is 30.1 Å². The van der Waals surface area contributed by atoms with Crippen LogP contribution in [-0.2, 0) is 25.6 Å². The van der Waals surface area contributed by atoms with Crippen LogP contribution in [0.5, 0.6) is 0 Å². The highest BCUT2D eigenvalue weighted by molar-refractivity contribution is 6.27. The maximum absolute atomic E-state index is 10.1. The topological polar surface area (TPSA) is 129 Å². The summed E-state index contributed by atoms with van der Waals surface area (Å²) in [5.74, 6) is -3.65. The molecular formula is C22H34N2O7. The number of aliphatic hydroxyl groups excluding tert-OH is 1. The lowest BCUT2D eigenvalue weighted by molar-refractivity contribution is -0.159. The number of benzene rings is 1. The van der Waals surface area contributed by atoms with Gasteiger partial charge in [0.25, 0.3) is 0 Å². The van der Waals surface area contributed by atoms with Gasteiger partial charge in [-0.05, 0) is 44.3 Å². The molecule has 2 aliphatic heterocycles. The quantitative estimate of drug-likeness (QED) is 0.417. The van der Waals surface area contributed by atoms with Gasteiger partial charge in [-0.1, -0.05) is 30.3 Å². The minimum absolute atomic E-state index is 0.231. The smallest absolute Gasteiger partial charge is 0.414 e. The van der Waals surface area contributed by atoms with E-state index in [0.717, 1.165) is 51.9 Å². The number of aliphatic carboxylic acids is 2. The maximum Gasteiger partial charge on any atom is 0.414 e. The van der Waals surface area contributed by atoms with Gasteiger partial charge in [0.05, 0.1) is 25.4 Å². The number of aliphatic hydroxyl groups is 1. The Bertz CT molecular complexity index is 633. The van der Waals surface area contributed by atoms with Crippen molar-refractivity contribution in [1.29, 1.82) is 0 Å². The van der Waals surface area contributed by atoms with E-state index in [2.05, 4.69) is 40.5 Å². The Labute approximate surface area is 183 Å². The molecule has 9 heteroatoms. The molecule has 3 rings (SSSR count). The second-order valence-corrected chi connectivity index (χ2v) is 7.88. The van der Waals surface area contributed by atoms with Crippen molar-refractivity contribution in [3.8, 4) is 0 Å². The Morgan fingerprint density at radius 3 is 2.39 bits per heavy atom. The molecule has 4 N–H and O–H groups in total. The highest BCUT2D eigenvalue weighted by Crippen LogP contribution is 2.14. The molecule has 0 aromatic heterocycles. The minimum atomic E-state index is -1.82. The fraction of sp³-hybridized carbons (Fsp3) is 0.636. The van der Waals surface area contributed by atoms with Crippen molar-refractivity contribution in [2.75, 3.05) is 39.5 Å². The van der Waals surface area contributed by atoms with Gasteiger partial charge in [0.1, 0.15) is 0 Å². The summed E-state index contributed by atoms with van der Waals surface area (Å²) in [5, 5.41) is 28.3. The summed E-state index contributed by atoms with van der Waals surface area (Å²) in [6, 6.07) is 11.2. The van der Waals surface area contributed by atoms with Crippen LogP contribution in [0.3, 0.4) is 0 Å². The van der Waals surface area contributed by atoms with Gasteiger partial charge in [-0.3, -0.25) is 4.90 Å². The number of carboxylic acid groups (broad SMARTS) is 2. The SMILES string of the molecule is O=C(O)C(=O)O.OC(CNC1CCN(Cc2ccccc2)CC1)COCC1CCCO1. The Morgan fingerprint density at radius 1 is 1.13 bits per heavy atom. The van der Waals surface area contributed by atoms with Crippen LogP contribution in [0, 0.1) is 0 Å². The number of ether oxygens (including phenoxy) is 2. The molecule has 174 valence electrons. The third-order valence-electron chi connectivity index (χ3n) is 5.30. The molecule has 2 saturated heterocycles. The van der Waals surface area contributed by atoms with Gasteiger partial charge >= 0.3 is 11.9 Å². The number of rotatable bonds is 9. The lowest BCUT2D eigenvalue weighted by Gasteiger charge is -2.33. The van der Waals surface area contributed by atoms with Crippen molar-refractivity contribution in [3.63, 3.8) is 0 Å². The monoisotopic (exact) mass is 438 g/mol. The van der Waals surface area contributed by atoms with Gasteiger partial charge in [0.2, 0.25) is 0 Å². The van der Waals surface area contributed by atoms with Crippen molar-refractivity contribution in [2.24, 2.45) is 0 Å². The van der Waals surface area contributed by atoms with Crippen molar-refractivity contribution in [2.45, 2.75) is 50.5 Å². The molecule has 0 bridgehead atoms. The van der Waals surface area contributed by atoms with E-state index in [1.807, 2.05) is 0 Å². The van der Waals surface area contributed by atoms with E-state index < -0.39 is 18.0 Å². The van der Waals surface area contributed by atoms with Crippen LogP contribution >= 0.6 is 0 Å². The van der Waals surface area contributed by atoms with E-state index in [4.69, 9.17) is 29.3 Å². The molecule has 0 saturated carbocycles. The van der Waals surface area contributed by atoms with E-state index in [-0.39, 0.29) is 6.10 Å². The predicted molar refractivity (Wildman–Crippen MR) is 114 cm³/mol. The molecular weight excluding hydrogens is 404 g/mol. The van der Waals surface area contributed by atoms with Crippen molar-refractivity contribution >= 4 is 11.9 Å². The molecule has 2 aliphatic rings. The van der Waals surface area contributed by atoms with Gasteiger partial charge in [0, 0.05) is 25.7 Å². The Hall–Kier alpha value is -2.04. The zero-order valence-corrected chi connectivity index (χ0v) is 17.8. The molecule has 0 radical (unpaired) electrons. The molecule has 31 heavy (non-hydrogen) atoms. The normalized spacial score (nSPS) is 20.6. The summed E-state index contributed by atoms with van der Waals surface area (Å²) in [5.41, 5.74) is 1.38. The molecule has 2 atom stereocenters. The van der Waals surface area contributed by atoms with Crippen LogP contribution in [-0.4, -0.2) is 89.9 Å². The number of likely N-dealkylation sites (tertiary alicyclic amines) is 1. The van der Waals surface area contributed by atoms with Crippen molar-refractivity contribution in [1.82, 2.24) is 10.2 Å². The second-order valence-electron chi connectivity index (χ2n) is 7.88. The van der Waals surface area contributed by atoms with Crippen LogP contribution in [0.15, 0.2) is 30.3 Å². The highest BCUT2D eigenvalue weighted by Gasteiger charge is 2.20. The average molecular weight is 439 g/mol. The number of nitrogens with one attached hydrogen (secondary N) is 1. The van der Waals surface area contributed by atoms with Crippen LogP contribution in [0.4, 0.5) is 0 Å². The first kappa shape index (κ1) is 25.2. The summed E-state index contributed by atoms with van der Waals surface area (Å²) in [4.78, 5) is 20.7. The Balaban J connectivity index is 0.000000501. The van der Waals surface area contributed by atoms with Crippen LogP contribution in [0.1, 0.15) is 31.2 Å². The summed E-state index contributed by atoms with van der Waals surface area (Å²) < 4.78 is 11.1. The summed E-state index contributed by atoms with van der Waals surface area (Å²) >= 11 is 0. The molecule has 0 aliphatic carbocycles. The number of hydrogen-bond donors (Lipinski definition) is 4. The Kier molecular flexibility index (Phi) is 11.5. The third-order valence-corrected chi connectivity index (χ3v) is 5.30. The highest BCUT2D eigenvalue weighted by atomic mass is 16.5. The maximum atomic E-state index is 10.1. The first-order valence-electron chi connectivity index (χ1n) is 10.8. The molecule has 9 nitrogen and oxygen atoms in total. The first-order valence-corrected chi connectivity index (χ1v) is 10.8. The lowest BCUT2D eigenvalue weighted by atomic mass is 10.0. The number of carbonyl (C=O) groups is 2. The van der Waals surface area contributed by atoms with Crippen molar-refractivity contribution in [3.05, 3.63) is 35.9 Å². The summed E-state index contributed by atoms with van der Waals surface area (Å²) in [6.45, 7) is 5.70. The van der Waals surface area contributed by atoms with E-state index in [0.29, 0.717) is 25.8 Å². The molecule has 1 aromatic carbocycles. The van der Waals surface area contributed by atoms with E-state index in [1.165, 1.54) is 5.56 Å². The fourth-order valence-electron chi connectivity index (χ4n) is 3.61. The summed E-state index contributed by atoms with van der Waals surface area (Å²) in [6.07, 6.45) is 4.27. The van der Waals surface area contributed by atoms with Gasteiger partial charge in [-0.15, -0.1) is 0 Å². The molecule has 2 unspecified atom stereocenters. The van der Waals surface area contributed by atoms with Crippen LogP contribution in [0.2, 0.25) is 0 Å². The first-order chi connectivity index (χ1) is 14.9. The third kappa shape index (κ3) is 10.7. The largest absolute Gasteiger partial charge is 0.473 e. The number of hydrogen-bond acceptors (Lipinski definition) is 7. The molecule has 1 aromatic rings. The molecule has 2 heterocycles. The molecule has 0 amide bonds. The van der Waals surface area contributed by atoms with Gasteiger partial charge in [0.15, 0.2) is 0 Å². The van der Waals surface area contributed by atoms with Crippen molar-refractivity contribution < 1.29 is 34.4 Å². The number of nitrogens with zero attached hydrogens (tertiary/aromatic N) is 1. The van der Waals surface area contributed by atoms with Gasteiger partial charge in [-0.25, -0.2) is 9.59 Å². The standard InChI is InChI=1S/C20H32N2O3.C2H2O4/c23-19(15-24-16-20-7-4-12-25-20)13-21-18-8-10-22(11-9-18)14-17-5-2-1-3-6-17;3-1(4)2(5)6/h1-3,5-6,18-21,23H,4,7-16H2;(H,3,4)(H,5,6). The van der Waals surface area contributed by atoms with E-state index in [1.54, 1.807) is 0 Å². The van der Waals surface area contributed by atoms with E-state index >= 15 is 0 Å². The predicted octanol–water partition coefficient (Wildman–Crippen LogP) is 0.953.